The predicted octanol–water partition coefficient (Wildman–Crippen LogP) is 3.16. The van der Waals surface area contributed by atoms with Gasteiger partial charge in [0.1, 0.15) is 17.9 Å². The molecular formula is C15H20BrNO3. The Balaban J connectivity index is 1.86. The lowest BCUT2D eigenvalue weighted by molar-refractivity contribution is -0.144. The second kappa shape index (κ2) is 7.09. The summed E-state index contributed by atoms with van der Waals surface area (Å²) in [5.74, 6) is 0.141. The molecule has 1 heterocycles. The van der Waals surface area contributed by atoms with E-state index in [1.165, 1.54) is 0 Å². The summed E-state index contributed by atoms with van der Waals surface area (Å²) in [5, 5.41) is 9.18. The summed E-state index contributed by atoms with van der Waals surface area (Å²) in [5.41, 5.74) is 0. The molecule has 2 rings (SSSR count). The van der Waals surface area contributed by atoms with Crippen LogP contribution in [-0.4, -0.2) is 41.2 Å². The number of nitrogens with zero attached hydrogens (tertiary/aromatic N) is 1. The molecule has 20 heavy (non-hydrogen) atoms. The largest absolute Gasteiger partial charge is 0.490 e. The van der Waals surface area contributed by atoms with Crippen molar-refractivity contribution in [2.75, 3.05) is 13.1 Å². The number of aliphatic carboxylic acids is 1. The van der Waals surface area contributed by atoms with Gasteiger partial charge >= 0.3 is 5.97 Å². The van der Waals surface area contributed by atoms with E-state index < -0.39 is 5.97 Å². The van der Waals surface area contributed by atoms with E-state index in [1.54, 1.807) is 0 Å². The van der Waals surface area contributed by atoms with Crippen LogP contribution >= 0.6 is 15.9 Å². The van der Waals surface area contributed by atoms with E-state index in [9.17, 15) is 9.90 Å². The van der Waals surface area contributed by atoms with Gasteiger partial charge in [0.05, 0.1) is 0 Å². The number of likely N-dealkylation sites (tertiary alicyclic amines) is 1. The Hall–Kier alpha value is -1.07. The minimum absolute atomic E-state index is 0.173. The van der Waals surface area contributed by atoms with Gasteiger partial charge in [-0.2, -0.15) is 0 Å². The molecule has 0 bridgehead atoms. The molecule has 110 valence electrons. The molecule has 0 aromatic heterocycles. The highest BCUT2D eigenvalue weighted by atomic mass is 79.9. The second-order valence-electron chi connectivity index (χ2n) is 5.07. The molecule has 0 aliphatic carbocycles. The van der Waals surface area contributed by atoms with Crippen LogP contribution in [0.2, 0.25) is 0 Å². The molecule has 1 N–H and O–H groups in total. The number of piperidine rings is 1. The monoisotopic (exact) mass is 341 g/mol. The van der Waals surface area contributed by atoms with Crippen LogP contribution in [0.4, 0.5) is 0 Å². The molecule has 0 spiro atoms. The van der Waals surface area contributed by atoms with Crippen LogP contribution in [0, 0.1) is 0 Å². The Morgan fingerprint density at radius 1 is 1.50 bits per heavy atom. The summed E-state index contributed by atoms with van der Waals surface area (Å²) in [6.45, 7) is 3.48. The van der Waals surface area contributed by atoms with E-state index in [4.69, 9.17) is 4.74 Å². The molecule has 1 fully saturated rings. The Labute approximate surface area is 127 Å². The van der Waals surface area contributed by atoms with Gasteiger partial charge < -0.3 is 9.84 Å². The molecule has 1 saturated heterocycles. The van der Waals surface area contributed by atoms with E-state index in [-0.39, 0.29) is 12.1 Å². The Bertz CT molecular complexity index is 458. The fraction of sp³-hybridized carbons (Fsp3) is 0.533. The van der Waals surface area contributed by atoms with Gasteiger partial charge in [-0.15, -0.1) is 0 Å². The third kappa shape index (κ3) is 3.96. The van der Waals surface area contributed by atoms with Crippen molar-refractivity contribution in [3.05, 3.63) is 28.7 Å². The molecule has 5 heteroatoms. The van der Waals surface area contributed by atoms with E-state index in [2.05, 4.69) is 15.9 Å². The molecule has 1 aromatic rings. The molecular weight excluding hydrogens is 322 g/mol. The van der Waals surface area contributed by atoms with Gasteiger partial charge in [-0.05, 0) is 37.5 Å². The van der Waals surface area contributed by atoms with Gasteiger partial charge in [0.25, 0.3) is 0 Å². The van der Waals surface area contributed by atoms with E-state index >= 15 is 0 Å². The molecule has 0 amide bonds. The van der Waals surface area contributed by atoms with Gasteiger partial charge in [-0.1, -0.05) is 28.9 Å². The molecule has 0 saturated carbocycles. The van der Waals surface area contributed by atoms with Gasteiger partial charge in [0.2, 0.25) is 0 Å². The highest BCUT2D eigenvalue weighted by Gasteiger charge is 2.28. The smallest absolute Gasteiger partial charge is 0.320 e. The minimum atomic E-state index is -0.723. The molecule has 1 unspecified atom stereocenters. The van der Waals surface area contributed by atoms with Gasteiger partial charge in [0.15, 0.2) is 0 Å². The maximum absolute atomic E-state index is 11.2. The molecule has 0 radical (unpaired) electrons. The van der Waals surface area contributed by atoms with Crippen LogP contribution in [0.25, 0.3) is 0 Å². The third-order valence-electron chi connectivity index (χ3n) is 3.69. The maximum atomic E-state index is 11.2. The van der Waals surface area contributed by atoms with Crippen LogP contribution in [0.15, 0.2) is 28.7 Å². The first kappa shape index (κ1) is 15.3. The SMILES string of the molecule is CCC(C(=O)O)N1CCC(Oc2cccc(Br)c2)CC1. The fourth-order valence-corrected chi connectivity index (χ4v) is 3.01. The summed E-state index contributed by atoms with van der Waals surface area (Å²) < 4.78 is 6.96. The number of benzene rings is 1. The average Bonchev–Trinajstić information content (AvgIpc) is 2.41. The maximum Gasteiger partial charge on any atom is 0.320 e. The van der Waals surface area contributed by atoms with Crippen molar-refractivity contribution in [2.45, 2.75) is 38.3 Å². The van der Waals surface area contributed by atoms with Crippen molar-refractivity contribution in [3.63, 3.8) is 0 Å². The number of carbonyl (C=O) groups is 1. The zero-order valence-electron chi connectivity index (χ0n) is 11.6. The summed E-state index contributed by atoms with van der Waals surface area (Å²) in [7, 11) is 0. The van der Waals surface area contributed by atoms with Crippen molar-refractivity contribution < 1.29 is 14.6 Å². The van der Waals surface area contributed by atoms with E-state index in [1.807, 2.05) is 36.1 Å². The van der Waals surface area contributed by atoms with Crippen molar-refractivity contribution >= 4 is 21.9 Å². The first-order chi connectivity index (χ1) is 9.60. The topological polar surface area (TPSA) is 49.8 Å². The number of hydrogen-bond donors (Lipinski definition) is 1. The number of halogens is 1. The molecule has 1 aliphatic rings. The van der Waals surface area contributed by atoms with Crippen LogP contribution in [0.3, 0.4) is 0 Å². The van der Waals surface area contributed by atoms with Crippen LogP contribution in [0.5, 0.6) is 5.75 Å². The Kier molecular flexibility index (Phi) is 5.43. The van der Waals surface area contributed by atoms with Crippen LogP contribution in [-0.2, 0) is 4.79 Å². The predicted molar refractivity (Wildman–Crippen MR) is 81.1 cm³/mol. The van der Waals surface area contributed by atoms with Crippen LogP contribution < -0.4 is 4.74 Å². The van der Waals surface area contributed by atoms with Crippen molar-refractivity contribution in [1.29, 1.82) is 0 Å². The van der Waals surface area contributed by atoms with Crippen LogP contribution in [0.1, 0.15) is 26.2 Å². The lowest BCUT2D eigenvalue weighted by atomic mass is 10.0. The lowest BCUT2D eigenvalue weighted by Gasteiger charge is -2.35. The first-order valence-electron chi connectivity index (χ1n) is 6.99. The molecule has 1 atom stereocenters. The quantitative estimate of drug-likeness (QED) is 0.893. The van der Waals surface area contributed by atoms with E-state index in [0.717, 1.165) is 36.2 Å². The summed E-state index contributed by atoms with van der Waals surface area (Å²) in [4.78, 5) is 13.2. The zero-order chi connectivity index (χ0) is 14.5. The molecule has 1 aromatic carbocycles. The standard InChI is InChI=1S/C15H20BrNO3/c1-2-14(15(18)19)17-8-6-12(7-9-17)20-13-5-3-4-11(16)10-13/h3-5,10,12,14H,2,6-9H2,1H3,(H,18,19). The highest BCUT2D eigenvalue weighted by Crippen LogP contribution is 2.23. The molecule has 4 nitrogen and oxygen atoms in total. The van der Waals surface area contributed by atoms with Gasteiger partial charge in [-0.25, -0.2) is 0 Å². The van der Waals surface area contributed by atoms with Crippen molar-refractivity contribution in [3.8, 4) is 5.75 Å². The van der Waals surface area contributed by atoms with Gasteiger partial charge in [0, 0.05) is 17.6 Å². The van der Waals surface area contributed by atoms with Crippen molar-refractivity contribution in [2.24, 2.45) is 0 Å². The third-order valence-corrected chi connectivity index (χ3v) is 4.18. The summed E-state index contributed by atoms with van der Waals surface area (Å²) in [6.07, 6.45) is 2.56. The lowest BCUT2D eigenvalue weighted by Crippen LogP contribution is -2.47. The Morgan fingerprint density at radius 3 is 2.75 bits per heavy atom. The van der Waals surface area contributed by atoms with E-state index in [0.29, 0.717) is 6.42 Å². The number of carboxylic acid groups (broad SMARTS) is 1. The number of rotatable bonds is 5. The zero-order valence-corrected chi connectivity index (χ0v) is 13.2. The average molecular weight is 342 g/mol. The minimum Gasteiger partial charge on any atom is -0.490 e. The molecule has 1 aliphatic heterocycles. The Morgan fingerprint density at radius 2 is 2.20 bits per heavy atom. The highest BCUT2D eigenvalue weighted by molar-refractivity contribution is 9.10. The normalized spacial score (nSPS) is 18.7. The van der Waals surface area contributed by atoms with Crippen molar-refractivity contribution in [1.82, 2.24) is 4.90 Å². The summed E-state index contributed by atoms with van der Waals surface area (Å²) in [6, 6.07) is 7.46. The number of hydrogen-bond acceptors (Lipinski definition) is 3. The summed E-state index contributed by atoms with van der Waals surface area (Å²) >= 11 is 3.43. The number of ether oxygens (including phenoxy) is 1. The second-order valence-corrected chi connectivity index (χ2v) is 5.99. The number of carboxylic acids is 1. The van der Waals surface area contributed by atoms with Gasteiger partial charge in [-0.3, -0.25) is 9.69 Å². The fourth-order valence-electron chi connectivity index (χ4n) is 2.63. The first-order valence-corrected chi connectivity index (χ1v) is 7.78.